The van der Waals surface area contributed by atoms with Crippen LogP contribution in [0.4, 0.5) is 5.69 Å². The molecule has 1 N–H and O–H groups in total. The van der Waals surface area contributed by atoms with Crippen LogP contribution in [0, 0.1) is 0 Å². The normalized spacial score (nSPS) is 14.4. The molecular weight excluding hydrogens is 428 g/mol. The van der Waals surface area contributed by atoms with Crippen LogP contribution in [0.25, 0.3) is 0 Å². The average molecular weight is 461 g/mol. The number of pyridine rings is 1. The van der Waals surface area contributed by atoms with Gasteiger partial charge in [0.05, 0.1) is 18.4 Å². The number of fused-ring (bicyclic) bond motifs is 1. The number of amides is 1. The van der Waals surface area contributed by atoms with Crippen LogP contribution in [0.2, 0.25) is 0 Å². The number of nitrogens with zero attached hydrogens (tertiary/aromatic N) is 3. The van der Waals surface area contributed by atoms with Gasteiger partial charge in [-0.1, -0.05) is 42.5 Å². The van der Waals surface area contributed by atoms with Crippen molar-refractivity contribution in [2.24, 2.45) is 0 Å². The molecule has 1 aliphatic heterocycles. The highest BCUT2D eigenvalue weighted by molar-refractivity contribution is 6.00. The zero-order valence-corrected chi connectivity index (χ0v) is 20.0. The molecule has 2 aromatic carbocycles. The number of rotatable bonds is 9. The van der Waals surface area contributed by atoms with Gasteiger partial charge >= 0.3 is 0 Å². The van der Waals surface area contributed by atoms with Crippen molar-refractivity contribution in [1.82, 2.24) is 15.2 Å². The van der Waals surface area contributed by atoms with Crippen molar-refractivity contribution in [1.29, 1.82) is 0 Å². The van der Waals surface area contributed by atoms with E-state index in [1.54, 1.807) is 13.3 Å². The SMILES string of the molecule is CNCCC(Oc1ccc(CN2CCN(C)c3cc(OC)ncc3C2=O)cc1)c1ccccc1. The van der Waals surface area contributed by atoms with Gasteiger partial charge in [0.1, 0.15) is 11.9 Å². The number of hydrogen-bond donors (Lipinski definition) is 1. The second kappa shape index (κ2) is 11.0. The van der Waals surface area contributed by atoms with Gasteiger partial charge in [0.15, 0.2) is 0 Å². The molecule has 7 nitrogen and oxygen atoms in total. The summed E-state index contributed by atoms with van der Waals surface area (Å²) in [7, 11) is 5.51. The van der Waals surface area contributed by atoms with E-state index in [0.717, 1.165) is 42.1 Å². The van der Waals surface area contributed by atoms with E-state index in [-0.39, 0.29) is 12.0 Å². The second-order valence-corrected chi connectivity index (χ2v) is 8.45. The minimum absolute atomic E-state index is 0.0222. The Morgan fingerprint density at radius 2 is 1.85 bits per heavy atom. The predicted molar refractivity (Wildman–Crippen MR) is 134 cm³/mol. The highest BCUT2D eigenvalue weighted by atomic mass is 16.5. The molecule has 1 atom stereocenters. The summed E-state index contributed by atoms with van der Waals surface area (Å²) in [5.74, 6) is 1.30. The molecule has 0 aliphatic carbocycles. The third kappa shape index (κ3) is 5.48. The van der Waals surface area contributed by atoms with Gasteiger partial charge in [-0.2, -0.15) is 0 Å². The summed E-state index contributed by atoms with van der Waals surface area (Å²) in [6.45, 7) is 2.76. The van der Waals surface area contributed by atoms with E-state index in [1.807, 2.05) is 67.5 Å². The minimum atomic E-state index is -0.0248. The van der Waals surface area contributed by atoms with E-state index in [1.165, 1.54) is 0 Å². The molecule has 0 fully saturated rings. The first-order valence-electron chi connectivity index (χ1n) is 11.6. The molecule has 34 heavy (non-hydrogen) atoms. The molecular formula is C27H32N4O3. The zero-order chi connectivity index (χ0) is 23.9. The number of methoxy groups -OCH3 is 1. The third-order valence-electron chi connectivity index (χ3n) is 6.10. The molecule has 1 aliphatic rings. The minimum Gasteiger partial charge on any atom is -0.486 e. The van der Waals surface area contributed by atoms with Crippen molar-refractivity contribution in [3.63, 3.8) is 0 Å². The van der Waals surface area contributed by atoms with Gasteiger partial charge in [-0.05, 0) is 36.9 Å². The van der Waals surface area contributed by atoms with Gasteiger partial charge in [0.2, 0.25) is 5.88 Å². The number of carbonyl (C=O) groups excluding carboxylic acids is 1. The van der Waals surface area contributed by atoms with E-state index in [4.69, 9.17) is 9.47 Å². The Hall–Kier alpha value is -3.58. The smallest absolute Gasteiger partial charge is 0.257 e. The number of carbonyl (C=O) groups is 1. The van der Waals surface area contributed by atoms with Crippen LogP contribution in [0.5, 0.6) is 11.6 Å². The number of likely N-dealkylation sites (N-methyl/N-ethyl adjacent to an activating group) is 1. The van der Waals surface area contributed by atoms with Crippen molar-refractivity contribution in [3.05, 3.63) is 83.6 Å². The molecule has 0 bridgehead atoms. The van der Waals surface area contributed by atoms with Crippen LogP contribution in [-0.4, -0.2) is 56.6 Å². The standard InChI is InChI=1S/C27H32N4O3/c1-28-14-13-25(21-7-5-4-6-8-21)34-22-11-9-20(10-12-22)19-31-16-15-30(2)24-17-26(33-3)29-18-23(24)27(31)32/h4-12,17-18,25,28H,13-16,19H2,1-3H3. The van der Waals surface area contributed by atoms with Crippen LogP contribution >= 0.6 is 0 Å². The number of hydrogen-bond acceptors (Lipinski definition) is 6. The number of ether oxygens (including phenoxy) is 2. The van der Waals surface area contributed by atoms with Gasteiger partial charge in [-0.3, -0.25) is 4.79 Å². The van der Waals surface area contributed by atoms with Crippen molar-refractivity contribution in [2.75, 3.05) is 45.7 Å². The fourth-order valence-electron chi connectivity index (χ4n) is 4.13. The first-order valence-corrected chi connectivity index (χ1v) is 11.6. The van der Waals surface area contributed by atoms with Gasteiger partial charge in [0.25, 0.3) is 5.91 Å². The van der Waals surface area contributed by atoms with E-state index >= 15 is 0 Å². The molecule has 1 aromatic heterocycles. The third-order valence-corrected chi connectivity index (χ3v) is 6.10. The van der Waals surface area contributed by atoms with Crippen LogP contribution in [0.15, 0.2) is 66.9 Å². The first-order chi connectivity index (χ1) is 16.6. The maximum atomic E-state index is 13.2. The van der Waals surface area contributed by atoms with Gasteiger partial charge in [-0.25, -0.2) is 4.98 Å². The Morgan fingerprint density at radius 1 is 1.09 bits per heavy atom. The maximum Gasteiger partial charge on any atom is 0.257 e. The van der Waals surface area contributed by atoms with E-state index in [0.29, 0.717) is 24.5 Å². The zero-order valence-electron chi connectivity index (χ0n) is 20.0. The van der Waals surface area contributed by atoms with Crippen LogP contribution in [0.3, 0.4) is 0 Å². The average Bonchev–Trinajstić information content (AvgIpc) is 2.99. The monoisotopic (exact) mass is 460 g/mol. The summed E-state index contributed by atoms with van der Waals surface area (Å²) in [6.07, 6.45) is 2.45. The molecule has 0 saturated carbocycles. The number of nitrogens with one attached hydrogen (secondary N) is 1. The molecule has 0 radical (unpaired) electrons. The van der Waals surface area contributed by atoms with Crippen molar-refractivity contribution < 1.29 is 14.3 Å². The fourth-order valence-corrected chi connectivity index (χ4v) is 4.13. The molecule has 2 heterocycles. The number of anilines is 1. The van der Waals surface area contributed by atoms with Crippen molar-refractivity contribution in [3.8, 4) is 11.6 Å². The van der Waals surface area contributed by atoms with Crippen LogP contribution in [0.1, 0.15) is 34.0 Å². The summed E-state index contributed by atoms with van der Waals surface area (Å²) in [5, 5.41) is 3.20. The molecule has 3 aromatic rings. The van der Waals surface area contributed by atoms with E-state index < -0.39 is 0 Å². The van der Waals surface area contributed by atoms with Gasteiger partial charge in [-0.15, -0.1) is 0 Å². The highest BCUT2D eigenvalue weighted by Gasteiger charge is 2.26. The van der Waals surface area contributed by atoms with Gasteiger partial charge < -0.3 is 24.6 Å². The lowest BCUT2D eigenvalue weighted by atomic mass is 10.1. The molecule has 178 valence electrons. The summed E-state index contributed by atoms with van der Waals surface area (Å²) < 4.78 is 11.6. The summed E-state index contributed by atoms with van der Waals surface area (Å²) in [6, 6.07) is 20.1. The van der Waals surface area contributed by atoms with Crippen LogP contribution < -0.4 is 19.7 Å². The quantitative estimate of drug-likeness (QED) is 0.522. The predicted octanol–water partition coefficient (Wildman–Crippen LogP) is 3.91. The van der Waals surface area contributed by atoms with Crippen molar-refractivity contribution >= 4 is 11.6 Å². The Balaban J connectivity index is 1.46. The Morgan fingerprint density at radius 3 is 2.56 bits per heavy atom. The Kier molecular flexibility index (Phi) is 7.65. The van der Waals surface area contributed by atoms with E-state index in [9.17, 15) is 4.79 Å². The molecule has 0 saturated heterocycles. The number of aromatic nitrogens is 1. The summed E-state index contributed by atoms with van der Waals surface area (Å²) in [4.78, 5) is 21.4. The first kappa shape index (κ1) is 23.6. The van der Waals surface area contributed by atoms with Crippen LogP contribution in [-0.2, 0) is 6.54 Å². The lowest BCUT2D eigenvalue weighted by Crippen LogP contribution is -2.33. The fraction of sp³-hybridized carbons (Fsp3) is 0.333. The summed E-state index contributed by atoms with van der Waals surface area (Å²) >= 11 is 0. The number of benzene rings is 2. The maximum absolute atomic E-state index is 13.2. The van der Waals surface area contributed by atoms with Crippen molar-refractivity contribution in [2.45, 2.75) is 19.1 Å². The Labute approximate surface area is 201 Å². The molecule has 7 heteroatoms. The summed E-state index contributed by atoms with van der Waals surface area (Å²) in [5.41, 5.74) is 3.65. The molecule has 1 unspecified atom stereocenters. The molecule has 0 spiro atoms. The lowest BCUT2D eigenvalue weighted by molar-refractivity contribution is 0.0754. The topological polar surface area (TPSA) is 66.9 Å². The Bertz CT molecular complexity index is 1090. The van der Waals surface area contributed by atoms with Gasteiger partial charge in [0, 0.05) is 45.4 Å². The molecule has 4 rings (SSSR count). The lowest BCUT2D eigenvalue weighted by Gasteiger charge is -2.22. The highest BCUT2D eigenvalue weighted by Crippen LogP contribution is 2.28. The second-order valence-electron chi connectivity index (χ2n) is 8.45. The van der Waals surface area contributed by atoms with E-state index in [2.05, 4.69) is 27.3 Å². The molecule has 1 amide bonds. The largest absolute Gasteiger partial charge is 0.486 e.